The van der Waals surface area contributed by atoms with Gasteiger partial charge in [-0.15, -0.1) is 23.5 Å². The van der Waals surface area contributed by atoms with Gasteiger partial charge in [-0.2, -0.15) is 0 Å². The Bertz CT molecular complexity index is 767. The highest BCUT2D eigenvalue weighted by molar-refractivity contribution is 8.02. The van der Waals surface area contributed by atoms with Crippen LogP contribution in [0.15, 0.2) is 22.3 Å². The van der Waals surface area contributed by atoms with Gasteiger partial charge in [-0.05, 0) is 18.1 Å². The first-order valence-electron chi connectivity index (χ1n) is 8.10. The zero-order valence-electron chi connectivity index (χ0n) is 15.5. The minimum absolute atomic E-state index is 0.0762. The Hall–Kier alpha value is -2.18. The number of aliphatic carboxylic acids is 1. The van der Waals surface area contributed by atoms with Crippen LogP contribution in [0.4, 0.5) is 4.79 Å². The fourth-order valence-electron chi connectivity index (χ4n) is 2.91. The highest BCUT2D eigenvalue weighted by Crippen LogP contribution is 2.46. The van der Waals surface area contributed by atoms with Crippen LogP contribution in [0.5, 0.6) is 0 Å². The molecule has 12 heteroatoms. The molecule has 0 spiro atoms. The van der Waals surface area contributed by atoms with Crippen molar-refractivity contribution in [2.45, 2.75) is 24.4 Å². The van der Waals surface area contributed by atoms with Crippen LogP contribution >= 0.6 is 23.5 Å². The zero-order valence-corrected chi connectivity index (χ0v) is 17.1. The van der Waals surface area contributed by atoms with Gasteiger partial charge < -0.3 is 25.6 Å². The summed E-state index contributed by atoms with van der Waals surface area (Å²) in [5.74, 6) is -2.31. The van der Waals surface area contributed by atoms with E-state index in [9.17, 15) is 24.3 Å². The Morgan fingerprint density at radius 1 is 1.50 bits per heavy atom. The molecule has 3 amide bonds. The van der Waals surface area contributed by atoms with Crippen LogP contribution in [0.25, 0.3) is 0 Å². The van der Waals surface area contributed by atoms with Crippen LogP contribution < -0.4 is 11.1 Å². The minimum atomic E-state index is -1.66. The van der Waals surface area contributed by atoms with E-state index in [0.717, 1.165) is 9.81 Å². The monoisotopic (exact) mass is 431 g/mol. The molecule has 0 bridgehead atoms. The van der Waals surface area contributed by atoms with Gasteiger partial charge in [0.05, 0.1) is 6.42 Å². The number of hydrogen-bond donors (Lipinski definition) is 3. The lowest BCUT2D eigenvalue weighted by molar-refractivity contribution is -0.192. The van der Waals surface area contributed by atoms with E-state index in [4.69, 9.17) is 10.5 Å². The van der Waals surface area contributed by atoms with E-state index in [2.05, 4.69) is 10.1 Å². The molecule has 0 radical (unpaired) electrons. The van der Waals surface area contributed by atoms with Crippen LogP contribution in [0.2, 0.25) is 0 Å². The van der Waals surface area contributed by atoms with E-state index >= 15 is 0 Å². The number of methoxy groups -OCH3 is 1. The average molecular weight is 431 g/mol. The molecule has 0 saturated carbocycles. The van der Waals surface area contributed by atoms with Gasteiger partial charge >= 0.3 is 12.1 Å². The summed E-state index contributed by atoms with van der Waals surface area (Å²) >= 11 is 2.61. The number of ether oxygens (including phenoxy) is 2. The SMILES string of the molecule is C/C=C(\CC(=O)N[C@]1(OC)C(=O)N2C(C(=O)O)=C(COC(N)=O)CS[C@@H]21)SC. The topological polar surface area (TPSA) is 148 Å². The maximum atomic E-state index is 12.8. The second-order valence-corrected chi connectivity index (χ2v) is 7.83. The number of primary amides is 1. The standard InChI is InChI=1S/C16H21N3O7S2/c1-4-9(27-3)5-10(20)18-16(25-2)13(23)19-11(12(21)22)8(6-26-15(17)24)7-28-14(16)19/h4,14H,5-7H2,1-3H3,(H2,17,24)(H,18,20)(H,21,22)/b9-4+/t14-,16+/m1/s1. The van der Waals surface area contributed by atoms with Crippen LogP contribution in [0.3, 0.4) is 0 Å². The van der Waals surface area contributed by atoms with E-state index < -0.39 is 35.0 Å². The summed E-state index contributed by atoms with van der Waals surface area (Å²) in [6, 6.07) is 0. The van der Waals surface area contributed by atoms with E-state index in [1.165, 1.54) is 30.6 Å². The number of rotatable bonds is 8. The second-order valence-electron chi connectivity index (χ2n) is 5.83. The summed E-state index contributed by atoms with van der Waals surface area (Å²) in [6.45, 7) is 1.46. The van der Waals surface area contributed by atoms with Gasteiger partial charge in [-0.1, -0.05) is 6.08 Å². The first-order chi connectivity index (χ1) is 13.2. The molecule has 4 N–H and O–H groups in total. The number of allylic oxidation sites excluding steroid dienone is 1. The number of carbonyl (C=O) groups is 4. The van der Waals surface area contributed by atoms with Gasteiger partial charge in [-0.25, -0.2) is 9.59 Å². The van der Waals surface area contributed by atoms with Crippen molar-refractivity contribution in [3.63, 3.8) is 0 Å². The van der Waals surface area contributed by atoms with Crippen molar-refractivity contribution in [2.75, 3.05) is 25.7 Å². The lowest BCUT2D eigenvalue weighted by Gasteiger charge is -2.55. The molecule has 2 rings (SSSR count). The minimum Gasteiger partial charge on any atom is -0.477 e. The number of amides is 3. The predicted molar refractivity (Wildman–Crippen MR) is 103 cm³/mol. The molecule has 2 aliphatic heterocycles. The molecule has 2 heterocycles. The van der Waals surface area contributed by atoms with Crippen molar-refractivity contribution in [3.05, 3.63) is 22.3 Å². The van der Waals surface area contributed by atoms with Crippen molar-refractivity contribution in [1.29, 1.82) is 0 Å². The third-order valence-corrected chi connectivity index (χ3v) is 6.55. The molecule has 10 nitrogen and oxygen atoms in total. The van der Waals surface area contributed by atoms with E-state index in [1.54, 1.807) is 13.0 Å². The normalized spacial score (nSPS) is 24.4. The molecule has 0 aromatic rings. The summed E-state index contributed by atoms with van der Waals surface area (Å²) in [6.07, 6.45) is 2.66. The lowest BCUT2D eigenvalue weighted by atomic mass is 9.98. The highest BCUT2D eigenvalue weighted by atomic mass is 32.2. The van der Waals surface area contributed by atoms with Crippen molar-refractivity contribution >= 4 is 47.4 Å². The van der Waals surface area contributed by atoms with Gasteiger partial charge in [0.1, 0.15) is 17.7 Å². The van der Waals surface area contributed by atoms with Crippen LogP contribution in [0.1, 0.15) is 13.3 Å². The molecule has 0 aromatic carbocycles. The van der Waals surface area contributed by atoms with E-state index in [1.807, 2.05) is 6.26 Å². The molecule has 0 aromatic heterocycles. The first-order valence-corrected chi connectivity index (χ1v) is 10.4. The molecule has 28 heavy (non-hydrogen) atoms. The first kappa shape index (κ1) is 22.1. The Morgan fingerprint density at radius 3 is 2.68 bits per heavy atom. The van der Waals surface area contributed by atoms with E-state index in [-0.39, 0.29) is 30.1 Å². The molecule has 2 aliphatic rings. The molecule has 154 valence electrons. The fraction of sp³-hybridized carbons (Fsp3) is 0.500. The third kappa shape index (κ3) is 3.98. The number of fused-ring (bicyclic) bond motifs is 1. The largest absolute Gasteiger partial charge is 0.477 e. The molecule has 1 fully saturated rings. The molecule has 1 saturated heterocycles. The number of nitrogens with zero attached hydrogens (tertiary/aromatic N) is 1. The fourth-order valence-corrected chi connectivity index (χ4v) is 4.85. The number of thioether (sulfide) groups is 2. The Kier molecular flexibility index (Phi) is 7.01. The summed E-state index contributed by atoms with van der Waals surface area (Å²) in [7, 11) is 1.27. The number of carbonyl (C=O) groups excluding carboxylic acids is 3. The van der Waals surface area contributed by atoms with E-state index in [0.29, 0.717) is 0 Å². The summed E-state index contributed by atoms with van der Waals surface area (Å²) in [5.41, 5.74) is 3.20. The van der Waals surface area contributed by atoms with Gasteiger partial charge in [0.2, 0.25) is 5.91 Å². The van der Waals surface area contributed by atoms with Gasteiger partial charge in [-0.3, -0.25) is 14.5 Å². The number of carboxylic acid groups (broad SMARTS) is 1. The molecule has 0 unspecified atom stereocenters. The van der Waals surface area contributed by atoms with Crippen LogP contribution in [0, 0.1) is 0 Å². The maximum absolute atomic E-state index is 12.8. The Balaban J connectivity index is 2.26. The molecule has 0 aliphatic carbocycles. The van der Waals surface area contributed by atoms with Gasteiger partial charge in [0.25, 0.3) is 11.6 Å². The smallest absolute Gasteiger partial charge is 0.404 e. The number of β-lactam (4-membered cyclic amide) rings is 1. The average Bonchev–Trinajstić information content (AvgIpc) is 2.67. The highest BCUT2D eigenvalue weighted by Gasteiger charge is 2.66. The maximum Gasteiger partial charge on any atom is 0.404 e. The van der Waals surface area contributed by atoms with Crippen molar-refractivity contribution in [2.24, 2.45) is 5.73 Å². The lowest BCUT2D eigenvalue weighted by Crippen LogP contribution is -2.80. The molecular weight excluding hydrogens is 410 g/mol. The number of nitrogens with two attached hydrogens (primary N) is 1. The van der Waals surface area contributed by atoms with Crippen molar-refractivity contribution in [1.82, 2.24) is 10.2 Å². The van der Waals surface area contributed by atoms with Crippen LogP contribution in [-0.4, -0.2) is 70.7 Å². The van der Waals surface area contributed by atoms with Crippen LogP contribution in [-0.2, 0) is 23.9 Å². The van der Waals surface area contributed by atoms with Crippen molar-refractivity contribution in [3.8, 4) is 0 Å². The number of nitrogens with one attached hydrogen (secondary N) is 1. The van der Waals surface area contributed by atoms with Gasteiger partial charge in [0.15, 0.2) is 0 Å². The summed E-state index contributed by atoms with van der Waals surface area (Å²) < 4.78 is 10.0. The number of hydrogen-bond acceptors (Lipinski definition) is 8. The van der Waals surface area contributed by atoms with Crippen molar-refractivity contribution < 1.29 is 33.8 Å². The zero-order chi connectivity index (χ0) is 21.1. The molecule has 2 atom stereocenters. The summed E-state index contributed by atoms with van der Waals surface area (Å²) in [5, 5.41) is 11.4. The predicted octanol–water partition coefficient (Wildman–Crippen LogP) is 0.451. The number of carboxylic acids is 1. The third-order valence-electron chi connectivity index (χ3n) is 4.27. The quantitative estimate of drug-likeness (QED) is 0.368. The molecular formula is C16H21N3O7S2. The Morgan fingerprint density at radius 2 is 2.18 bits per heavy atom. The summed E-state index contributed by atoms with van der Waals surface area (Å²) in [4.78, 5) is 49.6. The Labute approximate surface area is 169 Å². The second kappa shape index (κ2) is 8.88. The van der Waals surface area contributed by atoms with Gasteiger partial charge in [0, 0.05) is 18.4 Å².